The van der Waals surface area contributed by atoms with Crippen molar-refractivity contribution in [2.75, 3.05) is 12.4 Å². The molecule has 154 valence electrons. The molecular formula is C19H24N6O3S. The van der Waals surface area contributed by atoms with Gasteiger partial charge in [-0.1, -0.05) is 37.7 Å². The van der Waals surface area contributed by atoms with Gasteiger partial charge in [0.1, 0.15) is 5.54 Å². The van der Waals surface area contributed by atoms with Crippen molar-refractivity contribution in [3.05, 3.63) is 29.3 Å². The molecule has 0 aliphatic heterocycles. The third-order valence-corrected chi connectivity index (χ3v) is 5.40. The van der Waals surface area contributed by atoms with Crippen LogP contribution in [-0.4, -0.2) is 50.0 Å². The first-order valence-electron chi connectivity index (χ1n) is 9.03. The number of aryl methyl sites for hydroxylation is 2. The van der Waals surface area contributed by atoms with Crippen LogP contribution in [0.2, 0.25) is 0 Å². The molecule has 0 radical (unpaired) electrons. The molecule has 0 fully saturated rings. The highest BCUT2D eigenvalue weighted by atomic mass is 32.2. The van der Waals surface area contributed by atoms with Crippen molar-refractivity contribution in [1.82, 2.24) is 25.5 Å². The van der Waals surface area contributed by atoms with Crippen molar-refractivity contribution in [2.45, 2.75) is 45.3 Å². The van der Waals surface area contributed by atoms with Crippen LogP contribution in [-0.2, 0) is 14.3 Å². The predicted molar refractivity (Wildman–Crippen MR) is 107 cm³/mol. The van der Waals surface area contributed by atoms with Gasteiger partial charge in [0.05, 0.1) is 17.5 Å². The second-order valence-corrected chi connectivity index (χ2v) is 8.07. The molecule has 0 unspecified atom stereocenters. The van der Waals surface area contributed by atoms with Crippen LogP contribution in [0.4, 0.5) is 0 Å². The fourth-order valence-corrected chi connectivity index (χ4v) is 2.99. The van der Waals surface area contributed by atoms with Gasteiger partial charge in [-0.2, -0.15) is 9.94 Å². The highest BCUT2D eigenvalue weighted by Crippen LogP contribution is 2.21. The summed E-state index contributed by atoms with van der Waals surface area (Å²) in [5, 5.41) is 23.9. The maximum Gasteiger partial charge on any atom is 0.316 e. The second-order valence-electron chi connectivity index (χ2n) is 7.13. The Bertz CT molecular complexity index is 936. The number of carbonyl (C=O) groups excluding carboxylic acids is 2. The number of aromatic nitrogens is 4. The van der Waals surface area contributed by atoms with Crippen LogP contribution in [0, 0.1) is 31.1 Å². The number of thioether (sulfide) groups is 1. The zero-order chi connectivity index (χ0) is 21.6. The number of nitrogens with one attached hydrogen (secondary N) is 1. The van der Waals surface area contributed by atoms with E-state index in [-0.39, 0.29) is 11.7 Å². The minimum Gasteiger partial charge on any atom is -0.455 e. The minimum atomic E-state index is -1.02. The van der Waals surface area contributed by atoms with Gasteiger partial charge in [0.2, 0.25) is 5.16 Å². The summed E-state index contributed by atoms with van der Waals surface area (Å²) in [7, 11) is 0. The van der Waals surface area contributed by atoms with Gasteiger partial charge in [-0.3, -0.25) is 9.59 Å². The molecule has 0 saturated heterocycles. The number of rotatable bonds is 8. The van der Waals surface area contributed by atoms with E-state index in [1.54, 1.807) is 11.6 Å². The van der Waals surface area contributed by atoms with Gasteiger partial charge in [0, 0.05) is 0 Å². The maximum absolute atomic E-state index is 12.0. The molecule has 1 N–H and O–H groups in total. The number of hydrogen-bond acceptors (Lipinski definition) is 8. The van der Waals surface area contributed by atoms with Crippen LogP contribution < -0.4 is 5.32 Å². The van der Waals surface area contributed by atoms with E-state index in [2.05, 4.69) is 26.9 Å². The molecule has 1 heterocycles. The molecule has 10 heteroatoms. The van der Waals surface area contributed by atoms with Crippen LogP contribution in [0.3, 0.4) is 0 Å². The topological polar surface area (TPSA) is 123 Å². The van der Waals surface area contributed by atoms with Gasteiger partial charge in [0.15, 0.2) is 6.61 Å². The Balaban J connectivity index is 1.91. The molecule has 9 nitrogen and oxygen atoms in total. The SMILES string of the molecule is Cc1ccc(C)c(-n2nnnc2SCC(=O)OCC(=O)N[C@@](C)(C#N)C(C)C)c1. The quantitative estimate of drug-likeness (QED) is 0.512. The number of ether oxygens (including phenoxy) is 1. The van der Waals surface area contributed by atoms with Crippen LogP contribution in [0.5, 0.6) is 0 Å². The average Bonchev–Trinajstić information content (AvgIpc) is 3.14. The van der Waals surface area contributed by atoms with Crippen LogP contribution in [0.15, 0.2) is 23.4 Å². The molecule has 1 atom stereocenters. The maximum atomic E-state index is 12.0. The number of nitriles is 1. The summed E-state index contributed by atoms with van der Waals surface area (Å²) < 4.78 is 6.57. The van der Waals surface area contributed by atoms with Gasteiger partial charge in [-0.05, 0) is 54.3 Å². The smallest absolute Gasteiger partial charge is 0.316 e. The Hall–Kier alpha value is -2.93. The number of tetrazole rings is 1. The largest absolute Gasteiger partial charge is 0.455 e. The molecule has 2 aromatic rings. The van der Waals surface area contributed by atoms with Crippen LogP contribution in [0.1, 0.15) is 31.9 Å². The van der Waals surface area contributed by atoms with Crippen molar-refractivity contribution in [3.8, 4) is 11.8 Å². The van der Waals surface area contributed by atoms with Crippen molar-refractivity contribution >= 4 is 23.6 Å². The van der Waals surface area contributed by atoms with Crippen LogP contribution >= 0.6 is 11.8 Å². The Morgan fingerprint density at radius 2 is 2.10 bits per heavy atom. The number of amides is 1. The molecule has 29 heavy (non-hydrogen) atoms. The Labute approximate surface area is 173 Å². The number of esters is 1. The normalized spacial score (nSPS) is 12.9. The Kier molecular flexibility index (Phi) is 7.34. The van der Waals surface area contributed by atoms with Gasteiger partial charge >= 0.3 is 5.97 Å². The Morgan fingerprint density at radius 3 is 2.76 bits per heavy atom. The molecule has 0 aliphatic rings. The predicted octanol–water partition coefficient (Wildman–Crippen LogP) is 1.97. The third kappa shape index (κ3) is 5.77. The molecule has 0 bridgehead atoms. The van der Waals surface area contributed by atoms with E-state index in [1.807, 2.05) is 45.9 Å². The molecule has 0 spiro atoms. The van der Waals surface area contributed by atoms with Gasteiger partial charge < -0.3 is 10.1 Å². The monoisotopic (exact) mass is 416 g/mol. The first kappa shape index (κ1) is 22.4. The van der Waals surface area contributed by atoms with E-state index in [1.165, 1.54) is 0 Å². The first-order chi connectivity index (χ1) is 13.7. The summed E-state index contributed by atoms with van der Waals surface area (Å²) in [5.41, 5.74) is 1.86. The van der Waals surface area contributed by atoms with Crippen molar-refractivity contribution < 1.29 is 14.3 Å². The van der Waals surface area contributed by atoms with E-state index in [0.717, 1.165) is 28.6 Å². The van der Waals surface area contributed by atoms with Crippen molar-refractivity contribution in [3.63, 3.8) is 0 Å². The summed E-state index contributed by atoms with van der Waals surface area (Å²) in [5.74, 6) is -1.25. The molecule has 0 saturated carbocycles. The molecule has 1 aromatic heterocycles. The summed E-state index contributed by atoms with van der Waals surface area (Å²) in [6, 6.07) is 7.99. The Morgan fingerprint density at radius 1 is 1.38 bits per heavy atom. The minimum absolute atomic E-state index is 0.0573. The summed E-state index contributed by atoms with van der Waals surface area (Å²) in [4.78, 5) is 24.0. The molecule has 2 rings (SSSR count). The second kappa shape index (κ2) is 9.52. The molecular weight excluding hydrogens is 392 g/mol. The zero-order valence-electron chi connectivity index (χ0n) is 17.1. The van der Waals surface area contributed by atoms with E-state index in [9.17, 15) is 14.9 Å². The van der Waals surface area contributed by atoms with Crippen molar-refractivity contribution in [2.24, 2.45) is 5.92 Å². The fourth-order valence-electron chi connectivity index (χ4n) is 2.31. The van der Waals surface area contributed by atoms with Crippen LogP contribution in [0.25, 0.3) is 5.69 Å². The number of hydrogen-bond donors (Lipinski definition) is 1. The number of benzene rings is 1. The molecule has 1 aromatic carbocycles. The number of carbonyl (C=O) groups is 2. The lowest BCUT2D eigenvalue weighted by molar-refractivity contribution is -0.146. The van der Waals surface area contributed by atoms with E-state index in [0.29, 0.717) is 5.16 Å². The summed E-state index contributed by atoms with van der Waals surface area (Å²) >= 11 is 1.11. The van der Waals surface area contributed by atoms with E-state index >= 15 is 0 Å². The highest BCUT2D eigenvalue weighted by molar-refractivity contribution is 7.99. The zero-order valence-corrected chi connectivity index (χ0v) is 17.9. The standard InChI is InChI=1S/C19H24N6O3S/c1-12(2)19(5,11-20)21-16(26)9-28-17(27)10-29-18-22-23-24-25(18)15-8-13(3)6-7-14(15)4/h6-8,12H,9-10H2,1-5H3,(H,21,26)/t19-/m0/s1. The van der Waals surface area contributed by atoms with E-state index in [4.69, 9.17) is 4.74 Å². The first-order valence-corrected chi connectivity index (χ1v) is 10.0. The van der Waals surface area contributed by atoms with Crippen molar-refractivity contribution in [1.29, 1.82) is 5.26 Å². The highest BCUT2D eigenvalue weighted by Gasteiger charge is 2.30. The fraction of sp³-hybridized carbons (Fsp3) is 0.474. The van der Waals surface area contributed by atoms with Gasteiger partial charge in [-0.15, -0.1) is 5.10 Å². The lowest BCUT2D eigenvalue weighted by Gasteiger charge is -2.27. The summed E-state index contributed by atoms with van der Waals surface area (Å²) in [6.07, 6.45) is 0. The molecule has 1 amide bonds. The van der Waals surface area contributed by atoms with Gasteiger partial charge in [0.25, 0.3) is 5.91 Å². The lowest BCUT2D eigenvalue weighted by Crippen LogP contribution is -2.50. The summed E-state index contributed by atoms with van der Waals surface area (Å²) in [6.45, 7) is 8.74. The van der Waals surface area contributed by atoms with Gasteiger partial charge in [-0.25, -0.2) is 0 Å². The average molecular weight is 417 g/mol. The molecule has 0 aliphatic carbocycles. The lowest BCUT2D eigenvalue weighted by atomic mass is 9.90. The number of nitrogens with zero attached hydrogens (tertiary/aromatic N) is 5. The van der Waals surface area contributed by atoms with E-state index < -0.39 is 24.0 Å². The third-order valence-electron chi connectivity index (χ3n) is 4.50.